The van der Waals surface area contributed by atoms with E-state index in [-0.39, 0.29) is 0 Å². The van der Waals surface area contributed by atoms with Gasteiger partial charge in [-0.25, -0.2) is 4.79 Å². The molecule has 0 fully saturated rings. The van der Waals surface area contributed by atoms with Crippen molar-refractivity contribution in [2.75, 3.05) is 7.11 Å². The zero-order chi connectivity index (χ0) is 6.41. The number of methoxy groups -OCH3 is 1. The number of carbonyl (C=O) groups excluding carboxylic acids is 1. The number of rotatable bonds is 4. The summed E-state index contributed by atoms with van der Waals surface area (Å²) in [6.07, 6.45) is 0.235. The summed E-state index contributed by atoms with van der Waals surface area (Å²) in [5.41, 5.74) is 0. The van der Waals surface area contributed by atoms with Gasteiger partial charge in [-0.15, -0.1) is 0 Å². The SMILES string of the molecule is CCC(OC)O[C]=O. The minimum Gasteiger partial charge on any atom is -0.427 e. The molecule has 0 aliphatic rings. The fraction of sp³-hybridized carbons (Fsp3) is 0.800. The molecule has 0 spiro atoms. The third-order valence-corrected chi connectivity index (χ3v) is 0.776. The third-order valence-electron chi connectivity index (χ3n) is 0.776. The first-order chi connectivity index (χ1) is 3.85. The smallest absolute Gasteiger partial charge is 0.419 e. The zero-order valence-corrected chi connectivity index (χ0v) is 5.01. The summed E-state index contributed by atoms with van der Waals surface area (Å²) in [4.78, 5) is 9.51. The third kappa shape index (κ3) is 2.58. The first-order valence-electron chi connectivity index (χ1n) is 2.40. The van der Waals surface area contributed by atoms with Gasteiger partial charge in [0.25, 0.3) is 0 Å². The van der Waals surface area contributed by atoms with Crippen LogP contribution in [0.1, 0.15) is 13.3 Å². The summed E-state index contributed by atoms with van der Waals surface area (Å²) in [6.45, 7) is 3.15. The zero-order valence-electron chi connectivity index (χ0n) is 5.01. The molecule has 0 saturated heterocycles. The monoisotopic (exact) mass is 117 g/mol. The van der Waals surface area contributed by atoms with Gasteiger partial charge in [-0.2, -0.15) is 0 Å². The molecule has 0 N–H and O–H groups in total. The van der Waals surface area contributed by atoms with E-state index in [4.69, 9.17) is 0 Å². The largest absolute Gasteiger partial charge is 0.427 e. The molecule has 3 heteroatoms. The molecule has 3 nitrogen and oxygen atoms in total. The standard InChI is InChI=1S/C5H9O3/c1-3-5(7-2)8-4-6/h5H,3H2,1-2H3. The van der Waals surface area contributed by atoms with Gasteiger partial charge < -0.3 is 9.47 Å². The molecule has 1 radical (unpaired) electrons. The minimum atomic E-state index is -0.424. The predicted octanol–water partition coefficient (Wildman–Crippen LogP) is 0.453. The summed E-state index contributed by atoms with van der Waals surface area (Å²) in [6, 6.07) is 0. The Labute approximate surface area is 48.6 Å². The average molecular weight is 117 g/mol. The van der Waals surface area contributed by atoms with Crippen molar-refractivity contribution in [1.82, 2.24) is 0 Å². The molecule has 8 heavy (non-hydrogen) atoms. The molecule has 47 valence electrons. The fourth-order valence-corrected chi connectivity index (χ4v) is 0.352. The molecule has 0 saturated carbocycles. The van der Waals surface area contributed by atoms with Gasteiger partial charge in [0.2, 0.25) is 6.29 Å². The molecule has 1 atom stereocenters. The fourth-order valence-electron chi connectivity index (χ4n) is 0.352. The lowest BCUT2D eigenvalue weighted by atomic mass is 10.5. The summed E-state index contributed by atoms with van der Waals surface area (Å²) < 4.78 is 8.97. The van der Waals surface area contributed by atoms with Gasteiger partial charge in [-0.05, 0) is 0 Å². The highest BCUT2D eigenvalue weighted by Gasteiger charge is 2.00. The maximum absolute atomic E-state index is 9.51. The van der Waals surface area contributed by atoms with Crippen LogP contribution in [0, 0.1) is 0 Å². The van der Waals surface area contributed by atoms with E-state index in [1.807, 2.05) is 6.92 Å². The van der Waals surface area contributed by atoms with Crippen molar-refractivity contribution in [2.45, 2.75) is 19.6 Å². The van der Waals surface area contributed by atoms with Gasteiger partial charge >= 0.3 is 6.47 Å². The molecule has 0 heterocycles. The Hall–Kier alpha value is -0.570. The highest BCUT2D eigenvalue weighted by atomic mass is 16.7. The molecule has 1 unspecified atom stereocenters. The summed E-state index contributed by atoms with van der Waals surface area (Å²) >= 11 is 0. The van der Waals surface area contributed by atoms with Gasteiger partial charge in [0, 0.05) is 13.5 Å². The predicted molar refractivity (Wildman–Crippen MR) is 27.9 cm³/mol. The van der Waals surface area contributed by atoms with Gasteiger partial charge in [0.15, 0.2) is 0 Å². The molecule has 0 aliphatic carbocycles. The van der Waals surface area contributed by atoms with Crippen LogP contribution < -0.4 is 0 Å². The number of hydrogen-bond donors (Lipinski definition) is 0. The lowest BCUT2D eigenvalue weighted by Gasteiger charge is -2.07. The average Bonchev–Trinajstić information content (AvgIpc) is 1.83. The highest BCUT2D eigenvalue weighted by Crippen LogP contribution is 1.94. The van der Waals surface area contributed by atoms with Crippen molar-refractivity contribution in [2.24, 2.45) is 0 Å². The van der Waals surface area contributed by atoms with E-state index in [0.717, 1.165) is 0 Å². The van der Waals surface area contributed by atoms with E-state index >= 15 is 0 Å². The lowest BCUT2D eigenvalue weighted by Crippen LogP contribution is -2.12. The van der Waals surface area contributed by atoms with Crippen LogP contribution in [-0.2, 0) is 14.3 Å². The Kier molecular flexibility index (Phi) is 4.26. The molecular formula is C5H9O3. The Morgan fingerprint density at radius 3 is 2.50 bits per heavy atom. The highest BCUT2D eigenvalue weighted by molar-refractivity contribution is 5.38. The summed E-state index contributed by atoms with van der Waals surface area (Å²) in [5, 5.41) is 0. The van der Waals surface area contributed by atoms with E-state index in [2.05, 4.69) is 9.47 Å². The van der Waals surface area contributed by atoms with Gasteiger partial charge in [0.05, 0.1) is 0 Å². The Morgan fingerprint density at radius 1 is 1.75 bits per heavy atom. The second-order valence-electron chi connectivity index (χ2n) is 1.27. The van der Waals surface area contributed by atoms with Gasteiger partial charge in [-0.3, -0.25) is 0 Å². The number of ether oxygens (including phenoxy) is 2. The Balaban J connectivity index is 3.20. The topological polar surface area (TPSA) is 35.5 Å². The minimum absolute atomic E-state index is 0.424. The van der Waals surface area contributed by atoms with E-state index < -0.39 is 6.29 Å². The second-order valence-corrected chi connectivity index (χ2v) is 1.27. The van der Waals surface area contributed by atoms with Crippen LogP contribution in [0.15, 0.2) is 0 Å². The molecule has 0 bridgehead atoms. The van der Waals surface area contributed by atoms with Crippen molar-refractivity contribution in [1.29, 1.82) is 0 Å². The molecule has 0 amide bonds. The maximum Gasteiger partial charge on any atom is 0.419 e. The van der Waals surface area contributed by atoms with E-state index in [1.165, 1.54) is 13.6 Å². The van der Waals surface area contributed by atoms with Crippen LogP contribution in [0.3, 0.4) is 0 Å². The lowest BCUT2D eigenvalue weighted by molar-refractivity contribution is -0.0649. The van der Waals surface area contributed by atoms with Crippen LogP contribution in [-0.4, -0.2) is 19.9 Å². The van der Waals surface area contributed by atoms with Crippen LogP contribution in [0.25, 0.3) is 0 Å². The summed E-state index contributed by atoms with van der Waals surface area (Å²) in [7, 11) is 1.48. The normalized spacial score (nSPS) is 12.8. The molecular weight excluding hydrogens is 108 g/mol. The van der Waals surface area contributed by atoms with Crippen molar-refractivity contribution in [3.63, 3.8) is 0 Å². The first kappa shape index (κ1) is 7.43. The van der Waals surface area contributed by atoms with Crippen LogP contribution in [0.2, 0.25) is 0 Å². The maximum atomic E-state index is 9.51. The molecule has 0 aromatic heterocycles. The Bertz CT molecular complexity index is 58.7. The van der Waals surface area contributed by atoms with Gasteiger partial charge in [0.1, 0.15) is 0 Å². The second kappa shape index (κ2) is 4.59. The summed E-state index contributed by atoms with van der Waals surface area (Å²) in [5.74, 6) is 0. The molecule has 0 aromatic carbocycles. The van der Waals surface area contributed by atoms with Gasteiger partial charge in [-0.1, -0.05) is 6.92 Å². The molecule has 0 rings (SSSR count). The van der Waals surface area contributed by atoms with Crippen molar-refractivity contribution < 1.29 is 14.3 Å². The van der Waals surface area contributed by atoms with Crippen molar-refractivity contribution in [3.05, 3.63) is 0 Å². The Morgan fingerprint density at radius 2 is 2.38 bits per heavy atom. The van der Waals surface area contributed by atoms with E-state index in [1.54, 1.807) is 0 Å². The molecule has 0 aliphatic heterocycles. The van der Waals surface area contributed by atoms with Crippen LogP contribution in [0.5, 0.6) is 0 Å². The van der Waals surface area contributed by atoms with Crippen LogP contribution >= 0.6 is 0 Å². The first-order valence-corrected chi connectivity index (χ1v) is 2.40. The number of hydrogen-bond acceptors (Lipinski definition) is 3. The van der Waals surface area contributed by atoms with E-state index in [0.29, 0.717) is 6.42 Å². The quantitative estimate of drug-likeness (QED) is 0.501. The van der Waals surface area contributed by atoms with E-state index in [9.17, 15) is 4.79 Å². The van der Waals surface area contributed by atoms with Crippen molar-refractivity contribution >= 4 is 6.47 Å². The van der Waals surface area contributed by atoms with Crippen molar-refractivity contribution in [3.8, 4) is 0 Å². The van der Waals surface area contributed by atoms with Crippen LogP contribution in [0.4, 0.5) is 0 Å². The molecule has 0 aromatic rings.